The Kier molecular flexibility index (Phi) is 3.88. The second kappa shape index (κ2) is 4.96. The fourth-order valence-corrected chi connectivity index (χ4v) is 1.68. The zero-order valence-corrected chi connectivity index (χ0v) is 9.66. The van der Waals surface area contributed by atoms with Gasteiger partial charge < -0.3 is 5.73 Å². The van der Waals surface area contributed by atoms with Gasteiger partial charge in [0.25, 0.3) is 0 Å². The normalized spacial score (nSPS) is 12.7. The molecule has 0 saturated heterocycles. The maximum Gasteiger partial charge on any atom is 0.168 e. The van der Waals surface area contributed by atoms with E-state index in [0.29, 0.717) is 23.7 Å². The molecule has 0 spiro atoms. The quantitative estimate of drug-likeness (QED) is 0.754. The molecule has 0 aliphatic carbocycles. The van der Waals surface area contributed by atoms with Gasteiger partial charge in [-0.2, -0.15) is 5.10 Å². The lowest BCUT2D eigenvalue weighted by Gasteiger charge is -2.08. The predicted octanol–water partition coefficient (Wildman–Crippen LogP) is 2.01. The van der Waals surface area contributed by atoms with Gasteiger partial charge in [0, 0.05) is 13.5 Å². The lowest BCUT2D eigenvalue weighted by atomic mass is 9.97. The molecule has 0 aliphatic heterocycles. The summed E-state index contributed by atoms with van der Waals surface area (Å²) in [5.41, 5.74) is 6.29. The Balaban J connectivity index is 2.65. The first kappa shape index (κ1) is 11.8. The van der Waals surface area contributed by atoms with E-state index in [1.807, 2.05) is 0 Å². The van der Waals surface area contributed by atoms with E-state index < -0.39 is 0 Å². The molecule has 0 aliphatic rings. The van der Waals surface area contributed by atoms with E-state index in [0.717, 1.165) is 12.8 Å². The van der Waals surface area contributed by atoms with Crippen molar-refractivity contribution in [2.75, 3.05) is 5.73 Å². The Morgan fingerprint density at radius 1 is 1.67 bits per heavy atom. The first-order chi connectivity index (χ1) is 7.06. The summed E-state index contributed by atoms with van der Waals surface area (Å²) in [7, 11) is 1.74. The number of nitrogens with zero attached hydrogens (tertiary/aromatic N) is 2. The number of rotatable bonds is 5. The molecule has 0 amide bonds. The monoisotopic (exact) mass is 209 g/mol. The second-order valence-electron chi connectivity index (χ2n) is 4.09. The molecule has 0 aromatic carbocycles. The number of ketones is 1. The van der Waals surface area contributed by atoms with Crippen molar-refractivity contribution in [1.29, 1.82) is 0 Å². The molecular formula is C11H19N3O. The zero-order chi connectivity index (χ0) is 11.4. The number of hydrogen-bond donors (Lipinski definition) is 1. The molecule has 1 unspecified atom stereocenters. The molecule has 0 radical (unpaired) electrons. The highest BCUT2D eigenvalue weighted by Crippen LogP contribution is 2.17. The molecule has 1 aromatic heterocycles. The SMILES string of the molecule is CCCC(C)CC(=O)c1cnn(C)c1N. The summed E-state index contributed by atoms with van der Waals surface area (Å²) >= 11 is 0. The summed E-state index contributed by atoms with van der Waals surface area (Å²) in [6.07, 6.45) is 4.29. The molecular weight excluding hydrogens is 190 g/mol. The number of carbonyl (C=O) groups is 1. The van der Waals surface area contributed by atoms with Crippen LogP contribution in [0.4, 0.5) is 5.82 Å². The van der Waals surface area contributed by atoms with Crippen molar-refractivity contribution in [2.45, 2.75) is 33.1 Å². The van der Waals surface area contributed by atoms with Gasteiger partial charge in [-0.3, -0.25) is 9.48 Å². The number of nitrogen functional groups attached to an aromatic ring is 1. The Bertz CT molecular complexity index is 344. The number of nitrogens with two attached hydrogens (primary N) is 1. The van der Waals surface area contributed by atoms with E-state index in [9.17, 15) is 4.79 Å². The van der Waals surface area contributed by atoms with Gasteiger partial charge in [-0.25, -0.2) is 0 Å². The molecule has 1 atom stereocenters. The maximum atomic E-state index is 11.8. The third-order valence-corrected chi connectivity index (χ3v) is 2.60. The van der Waals surface area contributed by atoms with Crippen LogP contribution in [0.1, 0.15) is 43.5 Å². The number of aryl methyl sites for hydroxylation is 1. The zero-order valence-electron chi connectivity index (χ0n) is 9.66. The van der Waals surface area contributed by atoms with Gasteiger partial charge in [0.15, 0.2) is 5.78 Å². The van der Waals surface area contributed by atoms with Gasteiger partial charge in [0.05, 0.1) is 11.8 Å². The first-order valence-corrected chi connectivity index (χ1v) is 5.37. The van der Waals surface area contributed by atoms with Crippen molar-refractivity contribution < 1.29 is 4.79 Å². The number of aromatic nitrogens is 2. The summed E-state index contributed by atoms with van der Waals surface area (Å²) in [6, 6.07) is 0. The smallest absolute Gasteiger partial charge is 0.168 e. The van der Waals surface area contributed by atoms with E-state index in [2.05, 4.69) is 18.9 Å². The van der Waals surface area contributed by atoms with E-state index in [4.69, 9.17) is 5.73 Å². The van der Waals surface area contributed by atoms with Gasteiger partial charge in [0.1, 0.15) is 5.82 Å². The predicted molar refractivity (Wildman–Crippen MR) is 60.6 cm³/mol. The minimum absolute atomic E-state index is 0.0987. The molecule has 1 heterocycles. The molecule has 1 rings (SSSR count). The van der Waals surface area contributed by atoms with E-state index >= 15 is 0 Å². The van der Waals surface area contributed by atoms with Crippen molar-refractivity contribution in [3.05, 3.63) is 11.8 Å². The van der Waals surface area contributed by atoms with E-state index in [-0.39, 0.29) is 5.78 Å². The Morgan fingerprint density at radius 3 is 2.80 bits per heavy atom. The minimum Gasteiger partial charge on any atom is -0.383 e. The van der Waals surface area contributed by atoms with E-state index in [1.165, 1.54) is 4.68 Å². The van der Waals surface area contributed by atoms with Crippen LogP contribution in [0.2, 0.25) is 0 Å². The molecule has 84 valence electrons. The molecule has 0 bridgehead atoms. The molecule has 4 heteroatoms. The third-order valence-electron chi connectivity index (χ3n) is 2.60. The van der Waals surface area contributed by atoms with E-state index in [1.54, 1.807) is 13.2 Å². The third kappa shape index (κ3) is 2.81. The lowest BCUT2D eigenvalue weighted by molar-refractivity contribution is 0.0963. The molecule has 0 saturated carbocycles. The van der Waals surface area contributed by atoms with Gasteiger partial charge in [-0.05, 0) is 5.92 Å². The summed E-state index contributed by atoms with van der Waals surface area (Å²) in [6.45, 7) is 4.22. The fourth-order valence-electron chi connectivity index (χ4n) is 1.68. The van der Waals surface area contributed by atoms with Gasteiger partial charge >= 0.3 is 0 Å². The van der Waals surface area contributed by atoms with Gasteiger partial charge in [0.2, 0.25) is 0 Å². The van der Waals surface area contributed by atoms with Crippen LogP contribution in [0, 0.1) is 5.92 Å². The largest absolute Gasteiger partial charge is 0.383 e. The summed E-state index contributed by atoms with van der Waals surface area (Å²) in [5, 5.41) is 3.96. The lowest BCUT2D eigenvalue weighted by Crippen LogP contribution is -2.08. The van der Waals surface area contributed by atoms with Crippen LogP contribution in [0.3, 0.4) is 0 Å². The molecule has 0 fully saturated rings. The maximum absolute atomic E-state index is 11.8. The van der Waals surface area contributed by atoms with Crippen LogP contribution in [-0.2, 0) is 7.05 Å². The van der Waals surface area contributed by atoms with Crippen LogP contribution in [-0.4, -0.2) is 15.6 Å². The van der Waals surface area contributed by atoms with Crippen molar-refractivity contribution in [3.63, 3.8) is 0 Å². The minimum atomic E-state index is 0.0987. The number of anilines is 1. The van der Waals surface area contributed by atoms with Crippen LogP contribution in [0.5, 0.6) is 0 Å². The highest BCUT2D eigenvalue weighted by Gasteiger charge is 2.15. The summed E-state index contributed by atoms with van der Waals surface area (Å²) in [5.74, 6) is 0.979. The molecule has 2 N–H and O–H groups in total. The van der Waals surface area contributed by atoms with Crippen LogP contribution in [0.25, 0.3) is 0 Å². The number of Topliss-reactive ketones (excluding diaryl/α,β-unsaturated/α-hetero) is 1. The first-order valence-electron chi connectivity index (χ1n) is 5.37. The van der Waals surface area contributed by atoms with Crippen molar-refractivity contribution in [2.24, 2.45) is 13.0 Å². The number of hydrogen-bond acceptors (Lipinski definition) is 3. The van der Waals surface area contributed by atoms with Gasteiger partial charge in [-0.15, -0.1) is 0 Å². The fraction of sp³-hybridized carbons (Fsp3) is 0.636. The summed E-state index contributed by atoms with van der Waals surface area (Å²) < 4.78 is 1.53. The van der Waals surface area contributed by atoms with Crippen LogP contribution in [0.15, 0.2) is 6.20 Å². The highest BCUT2D eigenvalue weighted by molar-refractivity contribution is 5.99. The van der Waals surface area contributed by atoms with Gasteiger partial charge in [-0.1, -0.05) is 26.7 Å². The highest BCUT2D eigenvalue weighted by atomic mass is 16.1. The standard InChI is InChI=1S/C11H19N3O/c1-4-5-8(2)6-10(15)9-7-13-14(3)11(9)12/h7-8H,4-6,12H2,1-3H3. The average molecular weight is 209 g/mol. The Morgan fingerprint density at radius 2 is 2.33 bits per heavy atom. The van der Waals surface area contributed by atoms with Crippen LogP contribution < -0.4 is 5.73 Å². The number of carbonyl (C=O) groups excluding carboxylic acids is 1. The molecule has 1 aromatic rings. The molecule has 15 heavy (non-hydrogen) atoms. The summed E-state index contributed by atoms with van der Waals surface area (Å²) in [4.78, 5) is 11.8. The Labute approximate surface area is 90.5 Å². The van der Waals surface area contributed by atoms with Crippen molar-refractivity contribution in [1.82, 2.24) is 9.78 Å². The average Bonchev–Trinajstić information content (AvgIpc) is 2.48. The topological polar surface area (TPSA) is 60.9 Å². The molecule has 4 nitrogen and oxygen atoms in total. The van der Waals surface area contributed by atoms with Crippen molar-refractivity contribution >= 4 is 11.6 Å². The van der Waals surface area contributed by atoms with Crippen molar-refractivity contribution in [3.8, 4) is 0 Å². The Hall–Kier alpha value is -1.32. The van der Waals surface area contributed by atoms with Crippen LogP contribution >= 0.6 is 0 Å². The second-order valence-corrected chi connectivity index (χ2v) is 4.09.